The van der Waals surface area contributed by atoms with E-state index in [2.05, 4.69) is 10.4 Å². The van der Waals surface area contributed by atoms with Crippen molar-refractivity contribution in [3.05, 3.63) is 18.2 Å². The molecule has 10 heteroatoms. The van der Waals surface area contributed by atoms with Crippen LogP contribution in [0.2, 0.25) is 0 Å². The number of anilines is 1. The maximum absolute atomic E-state index is 12.9. The Morgan fingerprint density at radius 2 is 2.04 bits per heavy atom. The van der Waals surface area contributed by atoms with Crippen molar-refractivity contribution >= 4 is 28.5 Å². The van der Waals surface area contributed by atoms with Crippen molar-refractivity contribution in [3.8, 4) is 5.75 Å². The lowest BCUT2D eigenvalue weighted by atomic mass is 10.1. The SMILES string of the molecule is CC(C)Oc1ccc2c(NC(=O)C3(C(N)=O)CC3)nn(CC(F)(F)F)c2c1. The van der Waals surface area contributed by atoms with Crippen molar-refractivity contribution in [1.29, 1.82) is 0 Å². The molecule has 0 unspecified atom stereocenters. The van der Waals surface area contributed by atoms with Crippen LogP contribution in [0.4, 0.5) is 19.0 Å². The molecule has 0 bridgehead atoms. The van der Waals surface area contributed by atoms with Crippen LogP contribution in [0.1, 0.15) is 26.7 Å². The van der Waals surface area contributed by atoms with E-state index in [1.54, 1.807) is 19.9 Å². The number of rotatable bonds is 6. The molecule has 3 rings (SSSR count). The zero-order valence-corrected chi connectivity index (χ0v) is 14.8. The molecule has 2 aromatic rings. The quantitative estimate of drug-likeness (QED) is 0.748. The third-order valence-electron chi connectivity index (χ3n) is 4.31. The highest BCUT2D eigenvalue weighted by Crippen LogP contribution is 2.46. The number of alkyl halides is 3. The summed E-state index contributed by atoms with van der Waals surface area (Å²) >= 11 is 0. The number of halogens is 3. The van der Waals surface area contributed by atoms with Crippen LogP contribution in [0.3, 0.4) is 0 Å². The van der Waals surface area contributed by atoms with Crippen LogP contribution in [-0.2, 0) is 16.1 Å². The van der Waals surface area contributed by atoms with Crippen LogP contribution >= 0.6 is 0 Å². The van der Waals surface area contributed by atoms with Crippen LogP contribution in [0.5, 0.6) is 5.75 Å². The summed E-state index contributed by atoms with van der Waals surface area (Å²) in [4.78, 5) is 23.9. The van der Waals surface area contributed by atoms with Gasteiger partial charge in [0.2, 0.25) is 11.8 Å². The molecule has 1 aliphatic carbocycles. The number of fused-ring (bicyclic) bond motifs is 1. The normalized spacial score (nSPS) is 15.8. The first kappa shape index (κ1) is 19.0. The van der Waals surface area contributed by atoms with Crippen molar-refractivity contribution in [3.63, 3.8) is 0 Å². The van der Waals surface area contributed by atoms with E-state index >= 15 is 0 Å². The Bertz CT molecular complexity index is 901. The number of aromatic nitrogens is 2. The second-order valence-corrected chi connectivity index (χ2v) is 6.87. The van der Waals surface area contributed by atoms with Crippen molar-refractivity contribution in [2.45, 2.75) is 45.5 Å². The number of hydrogen-bond acceptors (Lipinski definition) is 4. The second-order valence-electron chi connectivity index (χ2n) is 6.87. The summed E-state index contributed by atoms with van der Waals surface area (Å²) < 4.78 is 45.0. The molecule has 1 fully saturated rings. The summed E-state index contributed by atoms with van der Waals surface area (Å²) in [7, 11) is 0. The topological polar surface area (TPSA) is 99.2 Å². The zero-order chi connectivity index (χ0) is 20.0. The summed E-state index contributed by atoms with van der Waals surface area (Å²) in [6, 6.07) is 4.54. The van der Waals surface area contributed by atoms with Gasteiger partial charge in [-0.15, -0.1) is 0 Å². The molecule has 0 spiro atoms. The molecular weight excluding hydrogens is 365 g/mol. The van der Waals surface area contributed by atoms with Crippen molar-refractivity contribution in [1.82, 2.24) is 9.78 Å². The van der Waals surface area contributed by atoms with Crippen LogP contribution < -0.4 is 15.8 Å². The molecule has 146 valence electrons. The number of nitrogens with zero attached hydrogens (tertiary/aromatic N) is 2. The van der Waals surface area contributed by atoms with Gasteiger partial charge in [0, 0.05) is 11.5 Å². The van der Waals surface area contributed by atoms with Gasteiger partial charge in [-0.2, -0.15) is 18.3 Å². The Morgan fingerprint density at radius 1 is 1.37 bits per heavy atom. The van der Waals surface area contributed by atoms with E-state index in [1.807, 2.05) is 0 Å². The number of carbonyl (C=O) groups is 2. The number of carbonyl (C=O) groups excluding carboxylic acids is 2. The number of hydrogen-bond donors (Lipinski definition) is 2. The highest BCUT2D eigenvalue weighted by Gasteiger charge is 2.55. The molecule has 3 N–H and O–H groups in total. The minimum Gasteiger partial charge on any atom is -0.491 e. The molecule has 0 saturated heterocycles. The minimum absolute atomic E-state index is 0.0529. The summed E-state index contributed by atoms with van der Waals surface area (Å²) in [6.07, 6.45) is -4.05. The Morgan fingerprint density at radius 3 is 2.56 bits per heavy atom. The van der Waals surface area contributed by atoms with Gasteiger partial charge >= 0.3 is 6.18 Å². The maximum Gasteiger partial charge on any atom is 0.408 e. The van der Waals surface area contributed by atoms with E-state index in [4.69, 9.17) is 10.5 Å². The van der Waals surface area contributed by atoms with E-state index < -0.39 is 30.0 Å². The molecule has 27 heavy (non-hydrogen) atoms. The van der Waals surface area contributed by atoms with Gasteiger partial charge in [0.15, 0.2) is 5.82 Å². The number of primary amides is 1. The van der Waals surface area contributed by atoms with E-state index in [0.717, 1.165) is 4.68 Å². The van der Waals surface area contributed by atoms with Crippen LogP contribution in [0.25, 0.3) is 10.9 Å². The lowest BCUT2D eigenvalue weighted by molar-refractivity contribution is -0.141. The van der Waals surface area contributed by atoms with Gasteiger partial charge in [0.25, 0.3) is 0 Å². The van der Waals surface area contributed by atoms with Crippen LogP contribution in [0.15, 0.2) is 18.2 Å². The minimum atomic E-state index is -4.50. The van der Waals surface area contributed by atoms with Crippen molar-refractivity contribution in [2.75, 3.05) is 5.32 Å². The molecule has 0 aliphatic heterocycles. The fourth-order valence-electron chi connectivity index (χ4n) is 2.82. The fourth-order valence-corrected chi connectivity index (χ4v) is 2.82. The zero-order valence-electron chi connectivity index (χ0n) is 14.8. The van der Waals surface area contributed by atoms with E-state index in [-0.39, 0.29) is 17.4 Å². The van der Waals surface area contributed by atoms with Gasteiger partial charge < -0.3 is 15.8 Å². The third kappa shape index (κ3) is 3.83. The van der Waals surface area contributed by atoms with E-state index in [1.165, 1.54) is 12.1 Å². The Hall–Kier alpha value is -2.78. The summed E-state index contributed by atoms with van der Waals surface area (Å²) in [5.41, 5.74) is 4.12. The maximum atomic E-state index is 12.9. The highest BCUT2D eigenvalue weighted by atomic mass is 19.4. The molecule has 1 aromatic carbocycles. The first-order valence-electron chi connectivity index (χ1n) is 8.37. The van der Waals surface area contributed by atoms with E-state index in [0.29, 0.717) is 24.0 Å². The van der Waals surface area contributed by atoms with Gasteiger partial charge in [-0.1, -0.05) is 0 Å². The first-order valence-corrected chi connectivity index (χ1v) is 8.37. The predicted molar refractivity (Wildman–Crippen MR) is 91.0 cm³/mol. The van der Waals surface area contributed by atoms with E-state index in [9.17, 15) is 22.8 Å². The summed E-state index contributed by atoms with van der Waals surface area (Å²) in [6.45, 7) is 2.26. The lowest BCUT2D eigenvalue weighted by Gasteiger charge is -2.11. The number of ether oxygens (including phenoxy) is 1. The average molecular weight is 384 g/mol. The molecular formula is C17H19F3N4O3. The monoisotopic (exact) mass is 384 g/mol. The number of nitrogens with one attached hydrogen (secondary N) is 1. The van der Waals surface area contributed by atoms with Gasteiger partial charge in [-0.3, -0.25) is 14.3 Å². The molecule has 0 atom stereocenters. The van der Waals surface area contributed by atoms with Gasteiger partial charge in [-0.05, 0) is 38.8 Å². The number of benzene rings is 1. The standard InChI is InChI=1S/C17H19F3N4O3/c1-9(2)27-10-3-4-11-12(7-10)24(8-17(18,19)20)23-13(11)22-15(26)16(5-6-16)14(21)25/h3-4,7,9H,5-6,8H2,1-2H3,(H2,21,25)(H,22,23,26). The smallest absolute Gasteiger partial charge is 0.408 e. The first-order chi connectivity index (χ1) is 12.5. The molecule has 1 heterocycles. The van der Waals surface area contributed by atoms with Crippen LogP contribution in [0, 0.1) is 5.41 Å². The molecule has 0 radical (unpaired) electrons. The van der Waals surface area contributed by atoms with Crippen molar-refractivity contribution in [2.24, 2.45) is 11.1 Å². The Balaban J connectivity index is 2.00. The predicted octanol–water partition coefficient (Wildman–Crippen LogP) is 2.59. The Labute approximate surface area is 152 Å². The third-order valence-corrected chi connectivity index (χ3v) is 4.31. The molecule has 7 nitrogen and oxygen atoms in total. The second kappa shape index (κ2) is 6.43. The van der Waals surface area contributed by atoms with Gasteiger partial charge in [0.1, 0.15) is 17.7 Å². The largest absolute Gasteiger partial charge is 0.491 e. The van der Waals surface area contributed by atoms with Crippen molar-refractivity contribution < 1.29 is 27.5 Å². The average Bonchev–Trinajstić information content (AvgIpc) is 3.28. The molecule has 2 amide bonds. The number of nitrogens with two attached hydrogens (primary N) is 1. The van der Waals surface area contributed by atoms with Crippen LogP contribution in [-0.4, -0.2) is 33.9 Å². The van der Waals surface area contributed by atoms with Gasteiger partial charge in [0.05, 0.1) is 11.6 Å². The Kier molecular flexibility index (Phi) is 4.52. The molecule has 1 aliphatic rings. The molecule has 1 aromatic heterocycles. The van der Waals surface area contributed by atoms with Gasteiger partial charge in [-0.25, -0.2) is 0 Å². The summed E-state index contributed by atoms with van der Waals surface area (Å²) in [5, 5.41) is 6.66. The number of amides is 2. The lowest BCUT2D eigenvalue weighted by Crippen LogP contribution is -2.36. The fraction of sp³-hybridized carbons (Fsp3) is 0.471. The summed E-state index contributed by atoms with van der Waals surface area (Å²) in [5.74, 6) is -1.08. The molecule has 1 saturated carbocycles. The highest BCUT2D eigenvalue weighted by molar-refractivity contribution is 6.14.